The number of hydrogen-bond donors (Lipinski definition) is 0. The molecule has 4 heteroatoms. The highest BCUT2D eigenvalue weighted by molar-refractivity contribution is 7.13. The van der Waals surface area contributed by atoms with Crippen LogP contribution < -0.4 is 9.06 Å². The highest BCUT2D eigenvalue weighted by Gasteiger charge is 1.95. The average Bonchev–Trinajstić information content (AvgIpc) is 3.22. The summed E-state index contributed by atoms with van der Waals surface area (Å²) in [5.74, 6) is 0. The van der Waals surface area contributed by atoms with E-state index in [4.69, 9.17) is 5.26 Å². The molecule has 0 saturated carbocycles. The van der Waals surface area contributed by atoms with Crippen LogP contribution in [0.4, 0.5) is 0 Å². The Morgan fingerprint density at radius 3 is 1.68 bits per heavy atom. The first kappa shape index (κ1) is 15.2. The van der Waals surface area contributed by atoms with E-state index >= 15 is 0 Å². The Bertz CT molecular complexity index is 1160. The fourth-order valence-electron chi connectivity index (χ4n) is 2.07. The average molecular weight is 342 g/mol. The highest BCUT2D eigenvalue weighted by Crippen LogP contribution is 2.13. The topological polar surface area (TPSA) is 23.8 Å². The van der Waals surface area contributed by atoms with Crippen molar-refractivity contribution in [3.05, 3.63) is 63.6 Å². The van der Waals surface area contributed by atoms with Crippen molar-refractivity contribution in [1.82, 2.24) is 0 Å². The van der Waals surface area contributed by atoms with Gasteiger partial charge in [0.1, 0.15) is 0 Å². The van der Waals surface area contributed by atoms with Gasteiger partial charge in [-0.1, -0.05) is 5.57 Å². The zero-order valence-corrected chi connectivity index (χ0v) is 15.1. The molecule has 0 amide bonds. The van der Waals surface area contributed by atoms with Crippen LogP contribution in [-0.2, 0) is 0 Å². The second-order valence-electron chi connectivity index (χ2n) is 5.23. The van der Waals surface area contributed by atoms with Gasteiger partial charge in [-0.05, 0) is 57.2 Å². The fourth-order valence-corrected chi connectivity index (χ4v) is 5.17. The van der Waals surface area contributed by atoms with Crippen molar-refractivity contribution in [2.45, 2.75) is 20.8 Å². The lowest BCUT2D eigenvalue weighted by Gasteiger charge is -1.79. The van der Waals surface area contributed by atoms with Gasteiger partial charge in [0.05, 0.1) is 6.07 Å². The zero-order chi connectivity index (χ0) is 15.7. The number of nitrogens with zero attached hydrogens (tertiary/aromatic N) is 1. The Kier molecular flexibility index (Phi) is 4.30. The van der Waals surface area contributed by atoms with Crippen molar-refractivity contribution in [3.8, 4) is 6.07 Å². The Labute approximate surface area is 140 Å². The molecule has 110 valence electrons. The minimum Gasteiger partial charge on any atom is -0.193 e. The predicted octanol–water partition coefficient (Wildman–Crippen LogP) is 4.33. The van der Waals surface area contributed by atoms with Gasteiger partial charge in [-0.2, -0.15) is 5.26 Å². The van der Waals surface area contributed by atoms with E-state index in [1.54, 1.807) is 11.3 Å². The van der Waals surface area contributed by atoms with Crippen LogP contribution in [-0.4, -0.2) is 0 Å². The van der Waals surface area contributed by atoms with E-state index in [0.717, 1.165) is 10.1 Å². The van der Waals surface area contributed by atoms with E-state index in [0.29, 0.717) is 0 Å². The molecule has 0 fully saturated rings. The molecule has 3 rings (SSSR count). The van der Waals surface area contributed by atoms with Gasteiger partial charge in [0.25, 0.3) is 0 Å². The predicted molar refractivity (Wildman–Crippen MR) is 97.0 cm³/mol. The van der Waals surface area contributed by atoms with Gasteiger partial charge in [-0.25, -0.2) is 0 Å². The third-order valence-corrected chi connectivity index (χ3v) is 7.32. The summed E-state index contributed by atoms with van der Waals surface area (Å²) in [6, 6.07) is 15.1. The molecule has 3 heterocycles. The van der Waals surface area contributed by atoms with Gasteiger partial charge in [0.2, 0.25) is 0 Å². The van der Waals surface area contributed by atoms with Gasteiger partial charge < -0.3 is 0 Å². The molecule has 0 spiro atoms. The lowest BCUT2D eigenvalue weighted by Crippen LogP contribution is -1.92. The van der Waals surface area contributed by atoms with Crippen molar-refractivity contribution in [2.24, 2.45) is 0 Å². The lowest BCUT2D eigenvalue weighted by atomic mass is 10.3. The highest BCUT2D eigenvalue weighted by atomic mass is 32.1. The van der Waals surface area contributed by atoms with Crippen LogP contribution in [0.25, 0.3) is 11.1 Å². The van der Waals surface area contributed by atoms with Crippen LogP contribution in [0.2, 0.25) is 0 Å². The molecule has 0 radical (unpaired) electrons. The van der Waals surface area contributed by atoms with E-state index < -0.39 is 0 Å². The largest absolute Gasteiger partial charge is 0.193 e. The first-order valence-electron chi connectivity index (χ1n) is 6.93. The van der Waals surface area contributed by atoms with Crippen LogP contribution in [0.15, 0.2) is 36.4 Å². The molecule has 0 unspecified atom stereocenters. The maximum absolute atomic E-state index is 8.99. The third-order valence-electron chi connectivity index (χ3n) is 3.33. The molecule has 0 saturated heterocycles. The molecule has 0 aliphatic rings. The standard InChI is InChI=1S/C18H15NS3/c1-11(2)13-4-6-15(20-13)17-8-9-18(22-17)16-7-5-14(21-16)12(3)10-19/h4-9H,1-3H3/b14-12+,17-15+,18-16+. The number of thiophene rings is 3. The molecule has 0 aliphatic heterocycles. The fraction of sp³-hybridized carbons (Fsp3) is 0.167. The SMILES string of the molecule is CC(C)=c1cc/c(=c2/cc/c(=c3/cc/c(=C(/C)C#N)s3)s2)s1. The Balaban J connectivity index is 2.32. The molecule has 0 aliphatic carbocycles. The van der Waals surface area contributed by atoms with Gasteiger partial charge in [-0.3, -0.25) is 0 Å². The number of nitriles is 1. The van der Waals surface area contributed by atoms with E-state index in [2.05, 4.69) is 50.2 Å². The van der Waals surface area contributed by atoms with E-state index in [9.17, 15) is 0 Å². The van der Waals surface area contributed by atoms with Crippen LogP contribution in [0, 0.1) is 29.5 Å². The molecule has 3 aromatic rings. The summed E-state index contributed by atoms with van der Waals surface area (Å²) in [4.78, 5) is 0. The maximum atomic E-state index is 8.99. The molecule has 0 bridgehead atoms. The summed E-state index contributed by atoms with van der Waals surface area (Å²) in [7, 11) is 0. The smallest absolute Gasteiger partial charge is 0.0958 e. The van der Waals surface area contributed by atoms with Gasteiger partial charge in [0, 0.05) is 32.8 Å². The Morgan fingerprint density at radius 2 is 1.18 bits per heavy atom. The first-order chi connectivity index (χ1) is 10.6. The van der Waals surface area contributed by atoms with Crippen LogP contribution >= 0.6 is 34.0 Å². The van der Waals surface area contributed by atoms with E-state index in [-0.39, 0.29) is 0 Å². The summed E-state index contributed by atoms with van der Waals surface area (Å²) in [5.41, 5.74) is 2.14. The van der Waals surface area contributed by atoms with Gasteiger partial charge in [-0.15, -0.1) is 34.0 Å². The maximum Gasteiger partial charge on any atom is 0.0958 e. The van der Waals surface area contributed by atoms with Gasteiger partial charge in [0.15, 0.2) is 0 Å². The normalized spacial score (nSPS) is 15.4. The van der Waals surface area contributed by atoms with Crippen molar-refractivity contribution in [2.75, 3.05) is 0 Å². The monoisotopic (exact) mass is 341 g/mol. The zero-order valence-electron chi connectivity index (χ0n) is 12.6. The third kappa shape index (κ3) is 2.93. The van der Waals surface area contributed by atoms with Crippen molar-refractivity contribution in [3.63, 3.8) is 0 Å². The number of rotatable bonds is 0. The lowest BCUT2D eigenvalue weighted by molar-refractivity contribution is 1.52. The quantitative estimate of drug-likeness (QED) is 0.597. The van der Waals surface area contributed by atoms with Crippen LogP contribution in [0.1, 0.15) is 20.8 Å². The molecular formula is C18H15NS3. The second kappa shape index (κ2) is 6.21. The summed E-state index contributed by atoms with van der Waals surface area (Å²) in [6.07, 6.45) is 0. The molecule has 1 nitrogen and oxygen atoms in total. The molecule has 3 aromatic heterocycles. The molecule has 0 N–H and O–H groups in total. The van der Waals surface area contributed by atoms with Crippen molar-refractivity contribution in [1.29, 1.82) is 5.26 Å². The Morgan fingerprint density at radius 1 is 0.727 bits per heavy atom. The molecular weight excluding hydrogens is 326 g/mol. The minimum atomic E-state index is 0.782. The Hall–Kier alpha value is -1.67. The minimum absolute atomic E-state index is 0.782. The van der Waals surface area contributed by atoms with E-state index in [1.807, 2.05) is 35.7 Å². The molecule has 0 atom stereocenters. The number of hydrogen-bond acceptors (Lipinski definition) is 4. The molecule has 0 aromatic carbocycles. The van der Waals surface area contributed by atoms with Crippen LogP contribution in [0.5, 0.6) is 0 Å². The van der Waals surface area contributed by atoms with Gasteiger partial charge >= 0.3 is 0 Å². The summed E-state index contributed by atoms with van der Waals surface area (Å²) >= 11 is 5.35. The molecule has 22 heavy (non-hydrogen) atoms. The van der Waals surface area contributed by atoms with Crippen molar-refractivity contribution < 1.29 is 0 Å². The van der Waals surface area contributed by atoms with Crippen molar-refractivity contribution >= 4 is 45.2 Å². The summed E-state index contributed by atoms with van der Waals surface area (Å²) < 4.78 is 7.54. The summed E-state index contributed by atoms with van der Waals surface area (Å²) in [5, 5.41) is 8.99. The van der Waals surface area contributed by atoms with E-state index in [1.165, 1.54) is 28.2 Å². The second-order valence-corrected chi connectivity index (χ2v) is 8.48. The first-order valence-corrected chi connectivity index (χ1v) is 9.38. The summed E-state index contributed by atoms with van der Waals surface area (Å²) in [6.45, 7) is 6.17. The van der Waals surface area contributed by atoms with Crippen LogP contribution in [0.3, 0.4) is 0 Å².